The van der Waals surface area contributed by atoms with Crippen LogP contribution in [0.2, 0.25) is 0 Å². The van der Waals surface area contributed by atoms with Gasteiger partial charge in [0.15, 0.2) is 5.82 Å². The highest BCUT2D eigenvalue weighted by atomic mass is 32.1. The maximum absolute atomic E-state index is 4.23. The van der Waals surface area contributed by atoms with Gasteiger partial charge in [-0.25, -0.2) is 0 Å². The molecular weight excluding hydrogens is 196 g/mol. The molecule has 2 aromatic rings. The third kappa shape index (κ3) is 1.88. The molecule has 1 N–H and O–H groups in total. The van der Waals surface area contributed by atoms with Crippen molar-refractivity contribution in [2.24, 2.45) is 0 Å². The fourth-order valence-corrected chi connectivity index (χ4v) is 1.78. The summed E-state index contributed by atoms with van der Waals surface area (Å²) >= 11 is 1.23. The van der Waals surface area contributed by atoms with Gasteiger partial charge in [-0.15, -0.1) is 0 Å². The van der Waals surface area contributed by atoms with Gasteiger partial charge in [0.25, 0.3) is 0 Å². The third-order valence-electron chi connectivity index (χ3n) is 1.91. The van der Waals surface area contributed by atoms with Crippen molar-refractivity contribution in [1.29, 1.82) is 0 Å². The quantitative estimate of drug-likeness (QED) is 0.828. The van der Waals surface area contributed by atoms with Crippen LogP contribution in [0.1, 0.15) is 11.3 Å². The molecule has 0 aliphatic carbocycles. The van der Waals surface area contributed by atoms with Crippen molar-refractivity contribution >= 4 is 17.5 Å². The summed E-state index contributed by atoms with van der Waals surface area (Å²) in [5.74, 6) is 0.867. The summed E-state index contributed by atoms with van der Waals surface area (Å²) in [6.45, 7) is 0. The van der Waals surface area contributed by atoms with Crippen molar-refractivity contribution in [3.8, 4) is 0 Å². The van der Waals surface area contributed by atoms with Gasteiger partial charge in [0, 0.05) is 25.9 Å². The lowest BCUT2D eigenvalue weighted by Crippen LogP contribution is -1.95. The maximum Gasteiger partial charge on any atom is 0.163 e. The van der Waals surface area contributed by atoms with E-state index in [2.05, 4.69) is 19.0 Å². The molecule has 0 spiro atoms. The smallest absolute Gasteiger partial charge is 0.163 e. The Morgan fingerprint density at radius 3 is 2.79 bits per heavy atom. The normalized spacial score (nSPS) is 10.1. The van der Waals surface area contributed by atoms with Crippen molar-refractivity contribution in [3.05, 3.63) is 35.8 Å². The number of rotatable bonds is 3. The zero-order valence-electron chi connectivity index (χ0n) is 7.77. The fourth-order valence-electron chi connectivity index (χ4n) is 1.21. The first-order valence-corrected chi connectivity index (χ1v) is 5.01. The van der Waals surface area contributed by atoms with Crippen molar-refractivity contribution in [1.82, 2.24) is 13.7 Å². The van der Waals surface area contributed by atoms with Crippen molar-refractivity contribution in [2.75, 3.05) is 12.4 Å². The van der Waals surface area contributed by atoms with E-state index in [0.717, 1.165) is 17.9 Å². The standard InChI is InChI=1S/C9H10N4S/c1-10-9-8(12-14-13-9)6-7-2-4-11-5-3-7/h2-5H,6H2,1H3,(H,10,13). The topological polar surface area (TPSA) is 50.7 Å². The summed E-state index contributed by atoms with van der Waals surface area (Å²) in [6, 6.07) is 3.97. The Hall–Kier alpha value is -1.49. The van der Waals surface area contributed by atoms with Crippen LogP contribution < -0.4 is 5.32 Å². The minimum absolute atomic E-state index is 0.801. The Morgan fingerprint density at radius 1 is 1.29 bits per heavy atom. The zero-order chi connectivity index (χ0) is 9.80. The van der Waals surface area contributed by atoms with Crippen LogP contribution in [-0.4, -0.2) is 20.8 Å². The van der Waals surface area contributed by atoms with Gasteiger partial charge in [-0.3, -0.25) is 4.98 Å². The molecule has 0 amide bonds. The van der Waals surface area contributed by atoms with Gasteiger partial charge in [-0.1, -0.05) is 0 Å². The molecule has 14 heavy (non-hydrogen) atoms. The molecule has 0 aliphatic heterocycles. The van der Waals surface area contributed by atoms with Crippen molar-refractivity contribution in [2.45, 2.75) is 6.42 Å². The van der Waals surface area contributed by atoms with Gasteiger partial charge in [0.05, 0.1) is 11.7 Å². The molecule has 0 unspecified atom stereocenters. The van der Waals surface area contributed by atoms with Gasteiger partial charge in [0.2, 0.25) is 0 Å². The van der Waals surface area contributed by atoms with Crippen LogP contribution in [0.15, 0.2) is 24.5 Å². The number of aromatic nitrogens is 3. The first-order chi connectivity index (χ1) is 6.90. The average Bonchev–Trinajstić information content (AvgIpc) is 2.67. The monoisotopic (exact) mass is 206 g/mol. The lowest BCUT2D eigenvalue weighted by molar-refractivity contribution is 1.11. The molecule has 2 heterocycles. The molecule has 2 aromatic heterocycles. The zero-order valence-corrected chi connectivity index (χ0v) is 8.58. The highest BCUT2D eigenvalue weighted by Gasteiger charge is 2.06. The van der Waals surface area contributed by atoms with E-state index in [1.165, 1.54) is 17.3 Å². The first kappa shape index (κ1) is 9.08. The Labute approximate surface area is 86.3 Å². The largest absolute Gasteiger partial charge is 0.371 e. The molecule has 0 fully saturated rings. The van der Waals surface area contributed by atoms with Crippen LogP contribution in [0.25, 0.3) is 0 Å². The number of nitrogens with zero attached hydrogens (tertiary/aromatic N) is 3. The second kappa shape index (κ2) is 4.15. The second-order valence-corrected chi connectivity index (χ2v) is 3.37. The molecule has 4 nitrogen and oxygen atoms in total. The van der Waals surface area contributed by atoms with E-state index >= 15 is 0 Å². The second-order valence-electron chi connectivity index (χ2n) is 2.84. The maximum atomic E-state index is 4.23. The van der Waals surface area contributed by atoms with E-state index in [-0.39, 0.29) is 0 Å². The first-order valence-electron chi connectivity index (χ1n) is 4.28. The van der Waals surface area contributed by atoms with E-state index in [9.17, 15) is 0 Å². The third-order valence-corrected chi connectivity index (χ3v) is 2.48. The van der Waals surface area contributed by atoms with Crippen LogP contribution in [0.5, 0.6) is 0 Å². The molecule has 0 saturated carbocycles. The van der Waals surface area contributed by atoms with Crippen molar-refractivity contribution in [3.63, 3.8) is 0 Å². The molecule has 0 aliphatic rings. The summed E-state index contributed by atoms with van der Waals surface area (Å²) in [5, 5.41) is 3.02. The molecule has 5 heteroatoms. The number of anilines is 1. The van der Waals surface area contributed by atoms with Gasteiger partial charge < -0.3 is 5.32 Å². The van der Waals surface area contributed by atoms with Gasteiger partial charge in [-0.05, 0) is 17.7 Å². The Kier molecular flexibility index (Phi) is 2.69. The summed E-state index contributed by atoms with van der Waals surface area (Å²) in [6.07, 6.45) is 4.37. The predicted molar refractivity (Wildman–Crippen MR) is 56.5 cm³/mol. The Bertz CT molecular complexity index is 398. The van der Waals surface area contributed by atoms with E-state index in [1.807, 2.05) is 19.2 Å². The molecule has 2 rings (SSSR count). The minimum atomic E-state index is 0.801. The van der Waals surface area contributed by atoms with E-state index in [1.54, 1.807) is 12.4 Å². The molecule has 0 atom stereocenters. The van der Waals surface area contributed by atoms with Gasteiger partial charge >= 0.3 is 0 Å². The Balaban J connectivity index is 2.19. The molecule has 0 radical (unpaired) electrons. The van der Waals surface area contributed by atoms with Gasteiger partial charge in [0.1, 0.15) is 5.69 Å². The molecule has 72 valence electrons. The highest BCUT2D eigenvalue weighted by Crippen LogP contribution is 2.15. The number of hydrogen-bond donors (Lipinski definition) is 1. The lowest BCUT2D eigenvalue weighted by Gasteiger charge is -1.99. The van der Waals surface area contributed by atoms with Gasteiger partial charge in [-0.2, -0.15) is 8.75 Å². The van der Waals surface area contributed by atoms with E-state index < -0.39 is 0 Å². The summed E-state index contributed by atoms with van der Waals surface area (Å²) in [7, 11) is 1.85. The minimum Gasteiger partial charge on any atom is -0.371 e. The average molecular weight is 206 g/mol. The molecule has 0 aromatic carbocycles. The Morgan fingerprint density at radius 2 is 2.07 bits per heavy atom. The summed E-state index contributed by atoms with van der Waals surface area (Å²) in [4.78, 5) is 3.97. The van der Waals surface area contributed by atoms with Crippen LogP contribution in [-0.2, 0) is 6.42 Å². The summed E-state index contributed by atoms with van der Waals surface area (Å²) < 4.78 is 8.36. The molecular formula is C9H10N4S. The van der Waals surface area contributed by atoms with E-state index in [0.29, 0.717) is 0 Å². The molecule has 0 bridgehead atoms. The van der Waals surface area contributed by atoms with Crippen molar-refractivity contribution < 1.29 is 0 Å². The number of hydrogen-bond acceptors (Lipinski definition) is 5. The van der Waals surface area contributed by atoms with E-state index in [4.69, 9.17) is 0 Å². The lowest BCUT2D eigenvalue weighted by atomic mass is 10.1. The van der Waals surface area contributed by atoms with Crippen LogP contribution >= 0.6 is 11.7 Å². The number of nitrogens with one attached hydrogen (secondary N) is 1. The predicted octanol–water partition coefficient (Wildman–Crippen LogP) is 1.57. The SMILES string of the molecule is CNc1nsnc1Cc1ccncc1. The van der Waals surface area contributed by atoms with Crippen LogP contribution in [0.3, 0.4) is 0 Å². The fraction of sp³-hybridized carbons (Fsp3) is 0.222. The van der Waals surface area contributed by atoms with Crippen LogP contribution in [0, 0.1) is 0 Å². The van der Waals surface area contributed by atoms with Crippen LogP contribution in [0.4, 0.5) is 5.82 Å². The molecule has 0 saturated heterocycles. The number of pyridine rings is 1. The summed E-state index contributed by atoms with van der Waals surface area (Å²) in [5.41, 5.74) is 2.19. The highest BCUT2D eigenvalue weighted by molar-refractivity contribution is 6.99.